The summed E-state index contributed by atoms with van der Waals surface area (Å²) < 4.78 is 4.15. The standard InChI is InChI=1S/C6H9N.C3H6O2/c1-5-3-7-4-6(5)2;1-2-5-3-4/h3-4,7H,1-2H3;3H,2H2,1H3. The predicted molar refractivity (Wildman–Crippen MR) is 48.0 cm³/mol. The Morgan fingerprint density at radius 2 is 1.92 bits per heavy atom. The molecule has 0 bridgehead atoms. The Morgan fingerprint density at radius 1 is 1.42 bits per heavy atom. The third-order valence-electron chi connectivity index (χ3n) is 1.46. The highest BCUT2D eigenvalue weighted by Crippen LogP contribution is 2.00. The molecule has 3 nitrogen and oxygen atoms in total. The van der Waals surface area contributed by atoms with Gasteiger partial charge in [0, 0.05) is 12.4 Å². The fraction of sp³-hybridized carbons (Fsp3) is 0.444. The third-order valence-corrected chi connectivity index (χ3v) is 1.46. The summed E-state index contributed by atoms with van der Waals surface area (Å²) in [6, 6.07) is 0. The van der Waals surface area contributed by atoms with Crippen LogP contribution >= 0.6 is 0 Å². The number of aromatic amines is 1. The molecule has 0 spiro atoms. The molecule has 3 heteroatoms. The lowest BCUT2D eigenvalue weighted by molar-refractivity contribution is -0.128. The summed E-state index contributed by atoms with van der Waals surface area (Å²) in [6.07, 6.45) is 3.99. The highest BCUT2D eigenvalue weighted by Gasteiger charge is 1.85. The SMILES string of the molecule is CCOC=O.Cc1c[nH]cc1C. The van der Waals surface area contributed by atoms with Crippen LogP contribution in [0.15, 0.2) is 12.4 Å². The van der Waals surface area contributed by atoms with Crippen LogP contribution in [0.1, 0.15) is 18.1 Å². The van der Waals surface area contributed by atoms with Crippen molar-refractivity contribution in [3.63, 3.8) is 0 Å². The van der Waals surface area contributed by atoms with E-state index in [0.717, 1.165) is 0 Å². The van der Waals surface area contributed by atoms with Gasteiger partial charge in [-0.05, 0) is 31.9 Å². The minimum absolute atomic E-state index is 0.431. The van der Waals surface area contributed by atoms with Crippen molar-refractivity contribution in [2.24, 2.45) is 0 Å². The van der Waals surface area contributed by atoms with E-state index in [1.54, 1.807) is 6.92 Å². The van der Waals surface area contributed by atoms with Gasteiger partial charge in [-0.3, -0.25) is 4.79 Å². The van der Waals surface area contributed by atoms with Gasteiger partial charge in [-0.2, -0.15) is 0 Å². The van der Waals surface area contributed by atoms with Crippen LogP contribution in [0.3, 0.4) is 0 Å². The van der Waals surface area contributed by atoms with Crippen molar-refractivity contribution in [1.29, 1.82) is 0 Å². The van der Waals surface area contributed by atoms with Gasteiger partial charge in [0.05, 0.1) is 6.61 Å². The maximum absolute atomic E-state index is 9.18. The number of rotatable bonds is 2. The van der Waals surface area contributed by atoms with Crippen LogP contribution in [0, 0.1) is 13.8 Å². The van der Waals surface area contributed by atoms with E-state index in [1.165, 1.54) is 11.1 Å². The number of carbonyl (C=O) groups excluding carboxylic acids is 1. The number of hydrogen-bond donors (Lipinski definition) is 1. The van der Waals surface area contributed by atoms with Crippen molar-refractivity contribution in [2.45, 2.75) is 20.8 Å². The first-order valence-corrected chi connectivity index (χ1v) is 3.87. The highest BCUT2D eigenvalue weighted by molar-refractivity contribution is 5.36. The highest BCUT2D eigenvalue weighted by atomic mass is 16.5. The first kappa shape index (κ1) is 10.8. The van der Waals surface area contributed by atoms with Gasteiger partial charge in [0.25, 0.3) is 6.47 Å². The Morgan fingerprint density at radius 3 is 2.00 bits per heavy atom. The van der Waals surface area contributed by atoms with Crippen LogP contribution in [0.25, 0.3) is 0 Å². The Kier molecular flexibility index (Phi) is 5.79. The molecule has 1 aromatic rings. The van der Waals surface area contributed by atoms with Gasteiger partial charge in [-0.25, -0.2) is 0 Å². The van der Waals surface area contributed by atoms with Gasteiger partial charge in [-0.15, -0.1) is 0 Å². The molecule has 0 aliphatic carbocycles. The van der Waals surface area contributed by atoms with Gasteiger partial charge in [0.2, 0.25) is 0 Å². The minimum atomic E-state index is 0.431. The number of aromatic nitrogens is 1. The van der Waals surface area contributed by atoms with E-state index in [-0.39, 0.29) is 0 Å². The van der Waals surface area contributed by atoms with Crippen LogP contribution in [0.4, 0.5) is 0 Å². The maximum Gasteiger partial charge on any atom is 0.293 e. The molecule has 1 N–H and O–H groups in total. The van der Waals surface area contributed by atoms with Gasteiger partial charge in [0.15, 0.2) is 0 Å². The fourth-order valence-corrected chi connectivity index (χ4v) is 0.587. The Bertz CT molecular complexity index is 202. The monoisotopic (exact) mass is 169 g/mol. The lowest BCUT2D eigenvalue weighted by Gasteiger charge is -1.79. The van der Waals surface area contributed by atoms with Crippen molar-refractivity contribution < 1.29 is 9.53 Å². The Hall–Kier alpha value is -1.25. The first-order chi connectivity index (χ1) is 5.72. The molecule has 12 heavy (non-hydrogen) atoms. The van der Waals surface area contributed by atoms with Gasteiger partial charge >= 0.3 is 0 Å². The van der Waals surface area contributed by atoms with Gasteiger partial charge in [-0.1, -0.05) is 0 Å². The van der Waals surface area contributed by atoms with Crippen molar-refractivity contribution in [3.05, 3.63) is 23.5 Å². The molecule has 0 aromatic carbocycles. The van der Waals surface area contributed by atoms with E-state index >= 15 is 0 Å². The molecular formula is C9H15NO2. The molecular weight excluding hydrogens is 154 g/mol. The minimum Gasteiger partial charge on any atom is -0.468 e. The zero-order chi connectivity index (χ0) is 9.40. The summed E-state index contributed by atoms with van der Waals surface area (Å²) in [4.78, 5) is 12.2. The molecule has 0 aliphatic heterocycles. The number of H-pyrrole nitrogens is 1. The molecule has 0 fully saturated rings. The Labute approximate surface area is 72.7 Å². The summed E-state index contributed by atoms with van der Waals surface area (Å²) in [5, 5.41) is 0. The molecule has 1 aromatic heterocycles. The van der Waals surface area contributed by atoms with Gasteiger partial charge < -0.3 is 9.72 Å². The van der Waals surface area contributed by atoms with E-state index in [0.29, 0.717) is 13.1 Å². The molecule has 0 saturated carbocycles. The second-order valence-corrected chi connectivity index (χ2v) is 2.37. The Balaban J connectivity index is 0.000000217. The molecule has 0 aliphatic rings. The summed E-state index contributed by atoms with van der Waals surface area (Å²) in [6.45, 7) is 6.84. The zero-order valence-electron chi connectivity index (χ0n) is 7.76. The van der Waals surface area contributed by atoms with E-state index in [1.807, 2.05) is 12.4 Å². The van der Waals surface area contributed by atoms with Crippen molar-refractivity contribution in [1.82, 2.24) is 4.98 Å². The van der Waals surface area contributed by atoms with E-state index in [2.05, 4.69) is 23.6 Å². The van der Waals surface area contributed by atoms with Crippen molar-refractivity contribution in [2.75, 3.05) is 6.61 Å². The number of aryl methyl sites for hydroxylation is 2. The first-order valence-electron chi connectivity index (χ1n) is 3.87. The molecule has 0 unspecified atom stereocenters. The van der Waals surface area contributed by atoms with Crippen LogP contribution < -0.4 is 0 Å². The van der Waals surface area contributed by atoms with E-state index in [4.69, 9.17) is 0 Å². The average molecular weight is 169 g/mol. The number of ether oxygens (including phenoxy) is 1. The lowest BCUT2D eigenvalue weighted by Crippen LogP contribution is -1.80. The molecule has 0 radical (unpaired) electrons. The largest absolute Gasteiger partial charge is 0.468 e. The number of nitrogens with one attached hydrogen (secondary N) is 1. The fourth-order valence-electron chi connectivity index (χ4n) is 0.587. The number of carbonyl (C=O) groups is 1. The molecule has 0 atom stereocenters. The summed E-state index contributed by atoms with van der Waals surface area (Å²) in [7, 11) is 0. The average Bonchev–Trinajstić information content (AvgIpc) is 2.39. The van der Waals surface area contributed by atoms with Crippen LogP contribution in [-0.4, -0.2) is 18.1 Å². The smallest absolute Gasteiger partial charge is 0.293 e. The number of hydrogen-bond acceptors (Lipinski definition) is 2. The summed E-state index contributed by atoms with van der Waals surface area (Å²) in [5.41, 5.74) is 2.67. The van der Waals surface area contributed by atoms with Crippen LogP contribution in [-0.2, 0) is 9.53 Å². The van der Waals surface area contributed by atoms with Crippen LogP contribution in [0.5, 0.6) is 0 Å². The predicted octanol–water partition coefficient (Wildman–Crippen LogP) is 1.81. The molecule has 0 saturated heterocycles. The van der Waals surface area contributed by atoms with Crippen molar-refractivity contribution in [3.8, 4) is 0 Å². The summed E-state index contributed by atoms with van der Waals surface area (Å²) in [5.74, 6) is 0. The molecule has 1 rings (SSSR count). The van der Waals surface area contributed by atoms with E-state index < -0.39 is 0 Å². The lowest BCUT2D eigenvalue weighted by atomic mass is 10.2. The van der Waals surface area contributed by atoms with E-state index in [9.17, 15) is 4.79 Å². The molecule has 1 heterocycles. The summed E-state index contributed by atoms with van der Waals surface area (Å²) >= 11 is 0. The maximum atomic E-state index is 9.18. The second kappa shape index (κ2) is 6.46. The second-order valence-electron chi connectivity index (χ2n) is 2.37. The zero-order valence-corrected chi connectivity index (χ0v) is 7.76. The topological polar surface area (TPSA) is 42.1 Å². The van der Waals surface area contributed by atoms with Gasteiger partial charge in [0.1, 0.15) is 0 Å². The normalized spacial score (nSPS) is 8.25. The van der Waals surface area contributed by atoms with Crippen LogP contribution in [0.2, 0.25) is 0 Å². The molecule has 0 amide bonds. The van der Waals surface area contributed by atoms with Crippen molar-refractivity contribution >= 4 is 6.47 Å². The molecule has 68 valence electrons. The third kappa shape index (κ3) is 4.55. The quantitative estimate of drug-likeness (QED) is 0.686.